The fourth-order valence-electron chi connectivity index (χ4n) is 1.43. The van der Waals surface area contributed by atoms with E-state index in [0.29, 0.717) is 11.5 Å². The summed E-state index contributed by atoms with van der Waals surface area (Å²) in [6.07, 6.45) is 0. The molecule has 2 atom stereocenters. The zero-order valence-electron chi connectivity index (χ0n) is 8.56. The van der Waals surface area contributed by atoms with E-state index < -0.39 is 16.1 Å². The van der Waals surface area contributed by atoms with Crippen LogP contribution in [0.25, 0.3) is 0 Å². The zero-order chi connectivity index (χ0) is 8.86. The van der Waals surface area contributed by atoms with Crippen molar-refractivity contribution in [2.45, 2.75) is 50.7 Å². The normalized spacial score (nSPS) is 32.2. The molecule has 1 nitrogen and oxygen atoms in total. The Bertz CT molecular complexity index is 136. The van der Waals surface area contributed by atoms with Crippen molar-refractivity contribution in [1.29, 1.82) is 0 Å². The molecule has 1 heterocycles. The first-order valence-corrected chi connectivity index (χ1v) is 11.5. The summed E-state index contributed by atoms with van der Waals surface area (Å²) < 4.78 is 5.77. The van der Waals surface area contributed by atoms with Gasteiger partial charge in [-0.3, -0.25) is 0 Å². The smallest absolute Gasteiger partial charge is 0.0815 e. The summed E-state index contributed by atoms with van der Waals surface area (Å²) in [5, 5.41) is 0. The van der Waals surface area contributed by atoms with E-state index in [1.54, 1.807) is 0 Å². The van der Waals surface area contributed by atoms with Crippen molar-refractivity contribution in [1.82, 2.24) is 0 Å². The molecule has 1 fully saturated rings. The van der Waals surface area contributed by atoms with Gasteiger partial charge in [-0.25, -0.2) is 0 Å². The maximum absolute atomic E-state index is 5.77. The van der Waals surface area contributed by atoms with Gasteiger partial charge in [0.25, 0.3) is 0 Å². The topological polar surface area (TPSA) is 12.5 Å². The molecule has 2 unspecified atom stereocenters. The molecule has 1 aliphatic heterocycles. The number of rotatable bonds is 2. The Morgan fingerprint density at radius 2 is 1.00 bits per heavy atom. The Balaban J connectivity index is 2.51. The van der Waals surface area contributed by atoms with E-state index in [4.69, 9.17) is 4.74 Å². The van der Waals surface area contributed by atoms with Gasteiger partial charge in [-0.1, -0.05) is 39.3 Å². The Morgan fingerprint density at radius 1 is 0.727 bits per heavy atom. The van der Waals surface area contributed by atoms with Crippen molar-refractivity contribution in [3.63, 3.8) is 0 Å². The molecular weight excluding hydrogens is 168 g/mol. The first-order chi connectivity index (χ1) is 4.73. The molecule has 0 saturated carbocycles. The van der Waals surface area contributed by atoms with Crippen LogP contribution in [0, 0.1) is 0 Å². The maximum Gasteiger partial charge on any atom is 0.0815 e. The second kappa shape index (κ2) is 2.44. The van der Waals surface area contributed by atoms with Gasteiger partial charge in [-0.2, -0.15) is 0 Å². The molecule has 1 rings (SSSR count). The third kappa shape index (κ3) is 2.16. The average Bonchev–Trinajstić information content (AvgIpc) is 2.30. The van der Waals surface area contributed by atoms with Crippen LogP contribution in [-0.4, -0.2) is 27.6 Å². The highest BCUT2D eigenvalue weighted by Crippen LogP contribution is 2.37. The lowest BCUT2D eigenvalue weighted by molar-refractivity contribution is 0.430. The van der Waals surface area contributed by atoms with Crippen molar-refractivity contribution in [2.75, 3.05) is 0 Å². The number of epoxide rings is 1. The van der Waals surface area contributed by atoms with Gasteiger partial charge >= 0.3 is 0 Å². The van der Waals surface area contributed by atoms with Crippen LogP contribution in [0.4, 0.5) is 0 Å². The van der Waals surface area contributed by atoms with Crippen LogP contribution in [0.5, 0.6) is 0 Å². The molecule has 0 aromatic heterocycles. The van der Waals surface area contributed by atoms with Crippen LogP contribution in [0.3, 0.4) is 0 Å². The van der Waals surface area contributed by atoms with E-state index >= 15 is 0 Å². The second-order valence-electron chi connectivity index (χ2n) is 5.71. The molecular formula is C8H20OSi2. The highest BCUT2D eigenvalue weighted by molar-refractivity contribution is 6.84. The molecule has 0 aromatic carbocycles. The number of hydrogen-bond acceptors (Lipinski definition) is 1. The summed E-state index contributed by atoms with van der Waals surface area (Å²) in [7, 11) is -1.97. The molecule has 0 radical (unpaired) electrons. The van der Waals surface area contributed by atoms with Crippen LogP contribution in [0.2, 0.25) is 39.3 Å². The first-order valence-electron chi connectivity index (χ1n) is 4.38. The summed E-state index contributed by atoms with van der Waals surface area (Å²) >= 11 is 0. The minimum atomic E-state index is -0.984. The van der Waals surface area contributed by atoms with Gasteiger partial charge in [0.15, 0.2) is 0 Å². The molecule has 66 valence electrons. The van der Waals surface area contributed by atoms with Gasteiger partial charge in [-0.05, 0) is 0 Å². The van der Waals surface area contributed by atoms with Crippen LogP contribution in [0.15, 0.2) is 0 Å². The fourth-order valence-corrected chi connectivity index (χ4v) is 7.49. The molecule has 0 amide bonds. The van der Waals surface area contributed by atoms with Crippen molar-refractivity contribution < 1.29 is 4.74 Å². The molecule has 0 aromatic rings. The van der Waals surface area contributed by atoms with Gasteiger partial charge in [-0.15, -0.1) is 0 Å². The minimum Gasteiger partial charge on any atom is -0.377 e. The predicted molar refractivity (Wildman–Crippen MR) is 55.4 cm³/mol. The third-order valence-corrected chi connectivity index (χ3v) is 6.82. The van der Waals surface area contributed by atoms with E-state index in [0.717, 1.165) is 0 Å². The SMILES string of the molecule is C[Si](C)(C)C1OC1[Si](C)(C)C. The largest absolute Gasteiger partial charge is 0.377 e. The zero-order valence-corrected chi connectivity index (χ0v) is 10.6. The van der Waals surface area contributed by atoms with Crippen molar-refractivity contribution >= 4 is 16.1 Å². The second-order valence-corrected chi connectivity index (χ2v) is 16.3. The quantitative estimate of drug-likeness (QED) is 0.479. The summed E-state index contributed by atoms with van der Waals surface area (Å²) in [6.45, 7) is 14.4. The summed E-state index contributed by atoms with van der Waals surface area (Å²) in [5.74, 6) is 0. The lowest BCUT2D eigenvalue weighted by Gasteiger charge is -2.16. The maximum atomic E-state index is 5.77. The van der Waals surface area contributed by atoms with Crippen molar-refractivity contribution in [3.8, 4) is 0 Å². The van der Waals surface area contributed by atoms with E-state index in [1.165, 1.54) is 0 Å². The monoisotopic (exact) mass is 188 g/mol. The van der Waals surface area contributed by atoms with E-state index in [1.807, 2.05) is 0 Å². The molecule has 1 saturated heterocycles. The predicted octanol–water partition coefficient (Wildman–Crippen LogP) is 2.51. The molecule has 1 aliphatic rings. The number of ether oxygens (including phenoxy) is 1. The summed E-state index contributed by atoms with van der Waals surface area (Å²) in [4.78, 5) is 0. The highest BCUT2D eigenvalue weighted by Gasteiger charge is 2.54. The fraction of sp³-hybridized carbons (Fsp3) is 1.00. The van der Waals surface area contributed by atoms with Crippen molar-refractivity contribution in [3.05, 3.63) is 0 Å². The van der Waals surface area contributed by atoms with Crippen LogP contribution >= 0.6 is 0 Å². The van der Waals surface area contributed by atoms with Crippen LogP contribution < -0.4 is 0 Å². The van der Waals surface area contributed by atoms with E-state index in [-0.39, 0.29) is 0 Å². The standard InChI is InChI=1S/C8H20OSi2/c1-10(2,3)7-8(9-7)11(4,5)6/h7-8H,1-6H3. The molecule has 0 bridgehead atoms. The third-order valence-electron chi connectivity index (χ3n) is 2.20. The Hall–Kier alpha value is 0.394. The average molecular weight is 188 g/mol. The van der Waals surface area contributed by atoms with E-state index in [2.05, 4.69) is 39.3 Å². The number of hydrogen-bond donors (Lipinski definition) is 0. The lowest BCUT2D eigenvalue weighted by Crippen LogP contribution is -2.38. The Kier molecular flexibility index (Phi) is 2.10. The summed E-state index contributed by atoms with van der Waals surface area (Å²) in [6, 6.07) is 0. The van der Waals surface area contributed by atoms with Crippen LogP contribution in [-0.2, 0) is 4.74 Å². The molecule has 0 aliphatic carbocycles. The lowest BCUT2D eigenvalue weighted by atomic mass is 10.9. The molecule has 0 N–H and O–H groups in total. The van der Waals surface area contributed by atoms with Gasteiger partial charge in [0.1, 0.15) is 0 Å². The first kappa shape index (κ1) is 9.48. The molecule has 0 spiro atoms. The Morgan fingerprint density at radius 3 is 1.09 bits per heavy atom. The van der Waals surface area contributed by atoms with Crippen LogP contribution in [0.1, 0.15) is 0 Å². The van der Waals surface area contributed by atoms with Gasteiger partial charge in [0, 0.05) is 0 Å². The van der Waals surface area contributed by atoms with Gasteiger partial charge in [0.2, 0.25) is 0 Å². The van der Waals surface area contributed by atoms with E-state index in [9.17, 15) is 0 Å². The minimum absolute atomic E-state index is 0.675. The Labute approximate surface area is 72.2 Å². The summed E-state index contributed by atoms with van der Waals surface area (Å²) in [5.41, 5.74) is 1.35. The van der Waals surface area contributed by atoms with Crippen molar-refractivity contribution in [2.24, 2.45) is 0 Å². The highest BCUT2D eigenvalue weighted by atomic mass is 28.3. The molecule has 3 heteroatoms. The van der Waals surface area contributed by atoms with Gasteiger partial charge in [0.05, 0.1) is 27.6 Å². The van der Waals surface area contributed by atoms with Gasteiger partial charge < -0.3 is 4.74 Å². The molecule has 11 heavy (non-hydrogen) atoms.